The summed E-state index contributed by atoms with van der Waals surface area (Å²) < 4.78 is 0. The molecular formula is C5H11N3O2S. The molecule has 0 aromatic heterocycles. The normalized spacial score (nSPS) is 9.73. The van der Waals surface area contributed by atoms with Gasteiger partial charge in [-0.25, -0.2) is 0 Å². The average Bonchev–Trinajstić information content (AvgIpc) is 1.82. The highest BCUT2D eigenvalue weighted by molar-refractivity contribution is 8.25. The standard InChI is InChI=1S/C5H11N3O2S/c1-3(2)9-10-5(8)11-4(6)7/h3,8H,1-2H3,(H3,6,7). The van der Waals surface area contributed by atoms with E-state index in [2.05, 4.69) is 9.78 Å². The van der Waals surface area contributed by atoms with E-state index < -0.39 is 0 Å². The smallest absolute Gasteiger partial charge is 0.291 e. The van der Waals surface area contributed by atoms with Crippen LogP contribution in [0.2, 0.25) is 0 Å². The third kappa shape index (κ3) is 7.14. The van der Waals surface area contributed by atoms with Gasteiger partial charge in [0.15, 0.2) is 5.17 Å². The van der Waals surface area contributed by atoms with Crippen molar-refractivity contribution in [3.63, 3.8) is 0 Å². The second kappa shape index (κ2) is 4.97. The molecule has 4 N–H and O–H groups in total. The molecule has 5 nitrogen and oxygen atoms in total. The quantitative estimate of drug-likeness (QED) is 0.253. The SMILES string of the molecule is CC(C)OOC(=N)SC(=N)N. The third-order valence-electron chi connectivity index (χ3n) is 0.519. The number of thioether (sulfide) groups is 1. The molecule has 0 rings (SSSR count). The van der Waals surface area contributed by atoms with Crippen molar-refractivity contribution in [2.24, 2.45) is 5.73 Å². The number of hydrogen-bond acceptors (Lipinski definition) is 5. The Balaban J connectivity index is 3.46. The van der Waals surface area contributed by atoms with E-state index in [1.54, 1.807) is 13.8 Å². The molecule has 0 saturated carbocycles. The molecular weight excluding hydrogens is 166 g/mol. The van der Waals surface area contributed by atoms with Crippen LogP contribution in [0.15, 0.2) is 0 Å². The highest BCUT2D eigenvalue weighted by Crippen LogP contribution is 2.03. The monoisotopic (exact) mass is 177 g/mol. The largest absolute Gasteiger partial charge is 0.378 e. The van der Waals surface area contributed by atoms with E-state index in [4.69, 9.17) is 16.6 Å². The maximum absolute atomic E-state index is 7.01. The Labute approximate surface area is 69.2 Å². The molecule has 0 aliphatic heterocycles. The van der Waals surface area contributed by atoms with E-state index in [1.807, 2.05) is 0 Å². The molecule has 0 heterocycles. The number of nitrogens with two attached hydrogens (primary N) is 1. The summed E-state index contributed by atoms with van der Waals surface area (Å²) in [5.41, 5.74) is 4.97. The van der Waals surface area contributed by atoms with Gasteiger partial charge in [-0.3, -0.25) is 10.8 Å². The van der Waals surface area contributed by atoms with Crippen LogP contribution in [-0.2, 0) is 9.78 Å². The van der Waals surface area contributed by atoms with E-state index >= 15 is 0 Å². The average molecular weight is 177 g/mol. The molecule has 0 saturated heterocycles. The summed E-state index contributed by atoms with van der Waals surface area (Å²) in [6.07, 6.45) is -0.108. The first-order chi connectivity index (χ1) is 5.02. The topological polar surface area (TPSA) is 92.2 Å². The second-order valence-corrected chi connectivity index (χ2v) is 3.00. The molecule has 0 radical (unpaired) electrons. The van der Waals surface area contributed by atoms with E-state index in [0.717, 1.165) is 0 Å². The molecule has 0 aromatic carbocycles. The fraction of sp³-hybridized carbons (Fsp3) is 0.600. The van der Waals surface area contributed by atoms with Gasteiger partial charge in [-0.2, -0.15) is 4.89 Å². The predicted octanol–water partition coefficient (Wildman–Crippen LogP) is 0.904. The first-order valence-electron chi connectivity index (χ1n) is 2.96. The van der Waals surface area contributed by atoms with Crippen LogP contribution < -0.4 is 5.73 Å². The highest BCUT2D eigenvalue weighted by Gasteiger charge is 2.03. The van der Waals surface area contributed by atoms with Crippen molar-refractivity contribution in [3.05, 3.63) is 0 Å². The predicted molar refractivity (Wildman–Crippen MR) is 44.5 cm³/mol. The minimum Gasteiger partial charge on any atom is -0.378 e. The Bertz CT molecular complexity index is 160. The van der Waals surface area contributed by atoms with E-state index in [9.17, 15) is 0 Å². The van der Waals surface area contributed by atoms with Crippen LogP contribution in [-0.4, -0.2) is 16.5 Å². The van der Waals surface area contributed by atoms with Crippen LogP contribution in [0.5, 0.6) is 0 Å². The lowest BCUT2D eigenvalue weighted by molar-refractivity contribution is -0.246. The third-order valence-corrected chi connectivity index (χ3v) is 0.992. The summed E-state index contributed by atoms with van der Waals surface area (Å²) in [4.78, 5) is 9.05. The van der Waals surface area contributed by atoms with Gasteiger partial charge in [0.2, 0.25) is 0 Å². The van der Waals surface area contributed by atoms with E-state index in [1.165, 1.54) is 0 Å². The van der Waals surface area contributed by atoms with Crippen LogP contribution >= 0.6 is 11.8 Å². The summed E-state index contributed by atoms with van der Waals surface area (Å²) in [7, 11) is 0. The highest BCUT2D eigenvalue weighted by atomic mass is 32.2. The maximum atomic E-state index is 7.01. The van der Waals surface area contributed by atoms with Gasteiger partial charge < -0.3 is 10.6 Å². The fourth-order valence-corrected chi connectivity index (χ4v) is 0.530. The van der Waals surface area contributed by atoms with Gasteiger partial charge >= 0.3 is 0 Å². The summed E-state index contributed by atoms with van der Waals surface area (Å²) in [5, 5.41) is 13.4. The van der Waals surface area contributed by atoms with Gasteiger partial charge in [-0.1, -0.05) is 0 Å². The van der Waals surface area contributed by atoms with Gasteiger partial charge in [-0.05, 0) is 13.8 Å². The van der Waals surface area contributed by atoms with Crippen molar-refractivity contribution in [2.75, 3.05) is 0 Å². The molecule has 0 amide bonds. The Morgan fingerprint density at radius 1 is 1.45 bits per heavy atom. The number of rotatable bonds is 2. The van der Waals surface area contributed by atoms with Gasteiger partial charge in [0.05, 0.1) is 6.10 Å². The van der Waals surface area contributed by atoms with Crippen LogP contribution in [0.1, 0.15) is 13.8 Å². The minimum atomic E-state index is -0.230. The molecule has 0 aliphatic carbocycles. The summed E-state index contributed by atoms with van der Waals surface area (Å²) in [5.74, 6) is 0. The zero-order valence-electron chi connectivity index (χ0n) is 6.38. The van der Waals surface area contributed by atoms with Gasteiger partial charge in [-0.15, -0.1) is 0 Å². The lowest BCUT2D eigenvalue weighted by Gasteiger charge is -2.06. The van der Waals surface area contributed by atoms with Crippen LogP contribution in [0, 0.1) is 10.8 Å². The molecule has 11 heavy (non-hydrogen) atoms. The Hall–Kier alpha value is -0.750. The number of hydrogen-bond donors (Lipinski definition) is 3. The summed E-state index contributed by atoms with van der Waals surface area (Å²) in [6.45, 7) is 3.54. The molecule has 0 fully saturated rings. The number of nitrogens with one attached hydrogen (secondary N) is 2. The molecule has 0 atom stereocenters. The zero-order valence-corrected chi connectivity index (χ0v) is 7.20. The van der Waals surface area contributed by atoms with E-state index in [0.29, 0.717) is 11.8 Å². The Morgan fingerprint density at radius 2 is 2.00 bits per heavy atom. The van der Waals surface area contributed by atoms with Crippen LogP contribution in [0.25, 0.3) is 0 Å². The minimum absolute atomic E-state index is 0.108. The molecule has 6 heteroatoms. The van der Waals surface area contributed by atoms with Crippen molar-refractivity contribution in [1.82, 2.24) is 0 Å². The van der Waals surface area contributed by atoms with E-state index in [-0.39, 0.29) is 16.5 Å². The second-order valence-electron chi connectivity index (χ2n) is 1.98. The van der Waals surface area contributed by atoms with Crippen LogP contribution in [0.4, 0.5) is 0 Å². The van der Waals surface area contributed by atoms with Gasteiger partial charge in [0.1, 0.15) is 0 Å². The first kappa shape index (κ1) is 10.2. The molecule has 0 bridgehead atoms. The maximum Gasteiger partial charge on any atom is 0.291 e. The first-order valence-corrected chi connectivity index (χ1v) is 3.77. The Morgan fingerprint density at radius 3 is 2.36 bits per heavy atom. The molecule has 0 aromatic rings. The van der Waals surface area contributed by atoms with Gasteiger partial charge in [0, 0.05) is 11.8 Å². The van der Waals surface area contributed by atoms with Crippen molar-refractivity contribution in [1.29, 1.82) is 10.8 Å². The lowest BCUT2D eigenvalue weighted by atomic mass is 10.5. The van der Waals surface area contributed by atoms with Crippen molar-refractivity contribution >= 4 is 22.2 Å². The van der Waals surface area contributed by atoms with Gasteiger partial charge in [0.25, 0.3) is 5.23 Å². The molecule has 0 spiro atoms. The molecule has 64 valence electrons. The molecule has 0 aliphatic rings. The fourth-order valence-electron chi connectivity index (χ4n) is 0.257. The summed E-state index contributed by atoms with van der Waals surface area (Å²) in [6, 6.07) is 0. The van der Waals surface area contributed by atoms with Crippen molar-refractivity contribution < 1.29 is 9.78 Å². The number of amidine groups is 1. The van der Waals surface area contributed by atoms with Crippen molar-refractivity contribution in [3.8, 4) is 0 Å². The van der Waals surface area contributed by atoms with Crippen LogP contribution in [0.3, 0.4) is 0 Å². The molecule has 0 unspecified atom stereocenters. The van der Waals surface area contributed by atoms with Crippen molar-refractivity contribution in [2.45, 2.75) is 20.0 Å². The Kier molecular flexibility index (Phi) is 4.64. The summed E-state index contributed by atoms with van der Waals surface area (Å²) >= 11 is 0.694. The zero-order chi connectivity index (χ0) is 8.85. The lowest BCUT2D eigenvalue weighted by Crippen LogP contribution is -2.12.